The Balaban J connectivity index is 1.43. The molecule has 6 nitrogen and oxygen atoms in total. The zero-order valence-electron chi connectivity index (χ0n) is 14.5. The SMILES string of the molecule is O=C(O)c1ccnc(C(=O)NCCCOC2CCCc3ccccc32)c1. The molecule has 26 heavy (non-hydrogen) atoms. The molecule has 1 aliphatic rings. The zero-order chi connectivity index (χ0) is 18.4. The molecular formula is C20H22N2O4. The largest absolute Gasteiger partial charge is 0.478 e. The van der Waals surface area contributed by atoms with Gasteiger partial charge < -0.3 is 15.2 Å². The van der Waals surface area contributed by atoms with Crippen LogP contribution in [0.15, 0.2) is 42.6 Å². The first-order chi connectivity index (χ1) is 12.6. The first-order valence-electron chi connectivity index (χ1n) is 8.82. The Morgan fingerprint density at radius 3 is 2.96 bits per heavy atom. The topological polar surface area (TPSA) is 88.5 Å². The predicted octanol–water partition coefficient (Wildman–Crippen LogP) is 2.99. The van der Waals surface area contributed by atoms with Gasteiger partial charge in [0.05, 0.1) is 11.7 Å². The highest BCUT2D eigenvalue weighted by atomic mass is 16.5. The number of nitrogens with one attached hydrogen (secondary N) is 1. The Labute approximate surface area is 152 Å². The average Bonchev–Trinajstić information content (AvgIpc) is 2.67. The molecule has 0 saturated carbocycles. The molecule has 2 N–H and O–H groups in total. The molecule has 1 amide bonds. The fourth-order valence-corrected chi connectivity index (χ4v) is 3.16. The van der Waals surface area contributed by atoms with Gasteiger partial charge in [-0.05, 0) is 48.9 Å². The summed E-state index contributed by atoms with van der Waals surface area (Å²) in [5.74, 6) is -1.46. The van der Waals surface area contributed by atoms with Gasteiger partial charge in [0.25, 0.3) is 5.91 Å². The van der Waals surface area contributed by atoms with E-state index in [0.717, 1.165) is 19.3 Å². The van der Waals surface area contributed by atoms with Crippen LogP contribution in [-0.4, -0.2) is 35.1 Å². The molecule has 6 heteroatoms. The van der Waals surface area contributed by atoms with Gasteiger partial charge in [-0.1, -0.05) is 24.3 Å². The van der Waals surface area contributed by atoms with Crippen molar-refractivity contribution >= 4 is 11.9 Å². The molecule has 1 unspecified atom stereocenters. The first kappa shape index (κ1) is 18.1. The second-order valence-corrected chi connectivity index (χ2v) is 6.29. The number of hydrogen-bond acceptors (Lipinski definition) is 4. The van der Waals surface area contributed by atoms with Crippen LogP contribution in [0.1, 0.15) is 57.3 Å². The summed E-state index contributed by atoms with van der Waals surface area (Å²) in [5.41, 5.74) is 2.79. The fraction of sp³-hybridized carbons (Fsp3) is 0.350. The van der Waals surface area contributed by atoms with Gasteiger partial charge in [0.1, 0.15) is 5.69 Å². The number of rotatable bonds is 7. The van der Waals surface area contributed by atoms with Crippen molar-refractivity contribution in [1.29, 1.82) is 0 Å². The van der Waals surface area contributed by atoms with Crippen LogP contribution in [0.2, 0.25) is 0 Å². The molecule has 0 aliphatic heterocycles. The van der Waals surface area contributed by atoms with E-state index in [1.807, 2.05) is 6.07 Å². The normalized spacial score (nSPS) is 15.9. The number of aryl methyl sites for hydroxylation is 1. The Morgan fingerprint density at radius 1 is 1.27 bits per heavy atom. The smallest absolute Gasteiger partial charge is 0.335 e. The maximum Gasteiger partial charge on any atom is 0.335 e. The van der Waals surface area contributed by atoms with E-state index in [0.29, 0.717) is 19.6 Å². The number of amides is 1. The summed E-state index contributed by atoms with van der Waals surface area (Å²) in [5, 5.41) is 11.7. The number of carboxylic acid groups (broad SMARTS) is 1. The molecule has 0 saturated heterocycles. The van der Waals surface area contributed by atoms with Crippen molar-refractivity contribution in [2.75, 3.05) is 13.2 Å². The lowest BCUT2D eigenvalue weighted by atomic mass is 9.89. The van der Waals surface area contributed by atoms with E-state index in [9.17, 15) is 9.59 Å². The predicted molar refractivity (Wildman–Crippen MR) is 96.2 cm³/mol. The Kier molecular flexibility index (Phi) is 5.96. The summed E-state index contributed by atoms with van der Waals surface area (Å²) in [6, 6.07) is 11.0. The monoisotopic (exact) mass is 354 g/mol. The highest BCUT2D eigenvalue weighted by molar-refractivity contribution is 5.95. The lowest BCUT2D eigenvalue weighted by Gasteiger charge is -2.25. The number of aromatic carboxylic acids is 1. The minimum Gasteiger partial charge on any atom is -0.478 e. The van der Waals surface area contributed by atoms with E-state index in [1.54, 1.807) is 0 Å². The Morgan fingerprint density at radius 2 is 2.12 bits per heavy atom. The van der Waals surface area contributed by atoms with Crippen LogP contribution in [0, 0.1) is 0 Å². The molecular weight excluding hydrogens is 332 g/mol. The van der Waals surface area contributed by atoms with Crippen LogP contribution in [0.5, 0.6) is 0 Å². The highest BCUT2D eigenvalue weighted by Gasteiger charge is 2.19. The first-order valence-corrected chi connectivity index (χ1v) is 8.82. The molecule has 1 aromatic carbocycles. The maximum absolute atomic E-state index is 12.0. The summed E-state index contributed by atoms with van der Waals surface area (Å²) < 4.78 is 6.00. The second kappa shape index (κ2) is 8.58. The van der Waals surface area contributed by atoms with Gasteiger partial charge in [0.2, 0.25) is 0 Å². The second-order valence-electron chi connectivity index (χ2n) is 6.29. The lowest BCUT2D eigenvalue weighted by Crippen LogP contribution is -2.26. The maximum atomic E-state index is 12.0. The molecule has 1 aliphatic carbocycles. The van der Waals surface area contributed by atoms with E-state index < -0.39 is 5.97 Å². The molecule has 1 aromatic heterocycles. The van der Waals surface area contributed by atoms with Crippen LogP contribution in [-0.2, 0) is 11.2 Å². The third-order valence-corrected chi connectivity index (χ3v) is 4.48. The number of carboxylic acids is 1. The third-order valence-electron chi connectivity index (χ3n) is 4.48. The van der Waals surface area contributed by atoms with Gasteiger partial charge in [-0.2, -0.15) is 0 Å². The van der Waals surface area contributed by atoms with Gasteiger partial charge in [0.15, 0.2) is 0 Å². The minimum atomic E-state index is -1.08. The van der Waals surface area contributed by atoms with Crippen LogP contribution >= 0.6 is 0 Å². The standard InChI is InChI=1S/C20H22N2O4/c23-19(17-13-15(20(24)25)9-11-21-17)22-10-4-12-26-18-8-3-6-14-5-1-2-7-16(14)18/h1-2,5,7,9,11,13,18H,3-4,6,8,10,12H2,(H,22,23)(H,24,25). The lowest BCUT2D eigenvalue weighted by molar-refractivity contribution is 0.0393. The summed E-state index contributed by atoms with van der Waals surface area (Å²) in [6.45, 7) is 1.01. The van der Waals surface area contributed by atoms with E-state index in [1.165, 1.54) is 29.5 Å². The van der Waals surface area contributed by atoms with Crippen molar-refractivity contribution in [2.45, 2.75) is 31.8 Å². The van der Waals surface area contributed by atoms with Gasteiger partial charge in [-0.3, -0.25) is 9.78 Å². The van der Waals surface area contributed by atoms with E-state index >= 15 is 0 Å². The van der Waals surface area contributed by atoms with Gasteiger partial charge >= 0.3 is 5.97 Å². The summed E-state index contributed by atoms with van der Waals surface area (Å²) in [7, 11) is 0. The van der Waals surface area contributed by atoms with Crippen molar-refractivity contribution in [2.24, 2.45) is 0 Å². The van der Waals surface area contributed by atoms with Crippen molar-refractivity contribution in [3.63, 3.8) is 0 Å². The molecule has 0 spiro atoms. The number of hydrogen-bond donors (Lipinski definition) is 2. The molecule has 1 heterocycles. The van der Waals surface area contributed by atoms with Crippen LogP contribution in [0.25, 0.3) is 0 Å². The van der Waals surface area contributed by atoms with Crippen LogP contribution in [0.4, 0.5) is 0 Å². The number of fused-ring (bicyclic) bond motifs is 1. The van der Waals surface area contributed by atoms with Crippen molar-refractivity contribution < 1.29 is 19.4 Å². The Bertz CT molecular complexity index is 791. The van der Waals surface area contributed by atoms with E-state index in [4.69, 9.17) is 9.84 Å². The fourth-order valence-electron chi connectivity index (χ4n) is 3.16. The van der Waals surface area contributed by atoms with Crippen LogP contribution < -0.4 is 5.32 Å². The molecule has 0 bridgehead atoms. The highest BCUT2D eigenvalue weighted by Crippen LogP contribution is 2.32. The minimum absolute atomic E-state index is 0.0458. The summed E-state index contributed by atoms with van der Waals surface area (Å²) in [4.78, 5) is 26.9. The van der Waals surface area contributed by atoms with Gasteiger partial charge in [0, 0.05) is 19.3 Å². The molecule has 1 atom stereocenters. The Hall–Kier alpha value is -2.73. The number of carbonyl (C=O) groups is 2. The number of nitrogens with zero attached hydrogens (tertiary/aromatic N) is 1. The third kappa shape index (κ3) is 4.46. The van der Waals surface area contributed by atoms with E-state index in [2.05, 4.69) is 28.5 Å². The quantitative estimate of drug-likeness (QED) is 0.746. The van der Waals surface area contributed by atoms with Gasteiger partial charge in [-0.25, -0.2) is 4.79 Å². The van der Waals surface area contributed by atoms with Crippen molar-refractivity contribution in [3.05, 3.63) is 65.0 Å². The number of benzene rings is 1. The molecule has 2 aromatic rings. The van der Waals surface area contributed by atoms with E-state index in [-0.39, 0.29) is 23.3 Å². The van der Waals surface area contributed by atoms with Gasteiger partial charge in [-0.15, -0.1) is 0 Å². The molecule has 136 valence electrons. The number of aromatic nitrogens is 1. The zero-order valence-corrected chi connectivity index (χ0v) is 14.5. The molecule has 0 fully saturated rings. The number of pyridine rings is 1. The van der Waals surface area contributed by atoms with Crippen LogP contribution in [0.3, 0.4) is 0 Å². The molecule has 0 radical (unpaired) electrons. The average molecular weight is 354 g/mol. The number of carbonyl (C=O) groups excluding carboxylic acids is 1. The van der Waals surface area contributed by atoms with Crippen molar-refractivity contribution in [3.8, 4) is 0 Å². The summed E-state index contributed by atoms with van der Waals surface area (Å²) >= 11 is 0. The molecule has 3 rings (SSSR count). The number of ether oxygens (including phenoxy) is 1. The summed E-state index contributed by atoms with van der Waals surface area (Å²) in [6.07, 6.45) is 5.39. The van der Waals surface area contributed by atoms with Crippen molar-refractivity contribution in [1.82, 2.24) is 10.3 Å².